The molecule has 4 aromatic rings. The molecule has 0 amide bonds. The summed E-state index contributed by atoms with van der Waals surface area (Å²) in [6, 6.07) is 29.6. The molecule has 0 bridgehead atoms. The van der Waals surface area contributed by atoms with E-state index in [4.69, 9.17) is 0 Å². The molecule has 0 atom stereocenters. The van der Waals surface area contributed by atoms with Crippen molar-refractivity contribution in [1.29, 1.82) is 0 Å². The van der Waals surface area contributed by atoms with E-state index >= 15 is 0 Å². The predicted octanol–water partition coefficient (Wildman–Crippen LogP) is 14.2. The topological polar surface area (TPSA) is 3.24 Å². The third kappa shape index (κ3) is 6.66. The lowest BCUT2D eigenvalue weighted by Crippen LogP contribution is -2.27. The second-order valence-electron chi connectivity index (χ2n) is 14.8. The highest BCUT2D eigenvalue weighted by molar-refractivity contribution is 5.91. The maximum absolute atomic E-state index is 4.53. The Balaban J connectivity index is 1.30. The number of hydrogen-bond acceptors (Lipinski definition) is 1. The maximum atomic E-state index is 4.53. The molecular formula is C51H55N. The number of hydrogen-bond donors (Lipinski definition) is 0. The van der Waals surface area contributed by atoms with Crippen molar-refractivity contribution in [3.05, 3.63) is 184 Å². The van der Waals surface area contributed by atoms with Crippen LogP contribution in [0.15, 0.2) is 151 Å². The molecular weight excluding hydrogens is 627 g/mol. The average Bonchev–Trinajstić information content (AvgIpc) is 3.37. The summed E-state index contributed by atoms with van der Waals surface area (Å²) in [5.74, 6) is 0. The first-order valence-electron chi connectivity index (χ1n) is 19.0. The van der Waals surface area contributed by atoms with Crippen LogP contribution in [0.2, 0.25) is 0 Å². The van der Waals surface area contributed by atoms with Crippen molar-refractivity contribution in [2.24, 2.45) is 0 Å². The first kappa shape index (κ1) is 36.6. The van der Waals surface area contributed by atoms with E-state index in [1.165, 1.54) is 89.3 Å². The first-order valence-corrected chi connectivity index (χ1v) is 19.0. The number of anilines is 1. The van der Waals surface area contributed by atoms with Crippen LogP contribution in [0.5, 0.6) is 0 Å². The Hall–Kier alpha value is -5.14. The van der Waals surface area contributed by atoms with Crippen molar-refractivity contribution < 1.29 is 0 Å². The molecule has 0 saturated heterocycles. The molecule has 0 radical (unpaired) electrons. The lowest BCUT2D eigenvalue weighted by molar-refractivity contribution is 0.654. The van der Waals surface area contributed by atoms with Gasteiger partial charge in [0, 0.05) is 28.9 Å². The van der Waals surface area contributed by atoms with Gasteiger partial charge in [0.05, 0.1) is 0 Å². The Kier molecular flexibility index (Phi) is 10.7. The summed E-state index contributed by atoms with van der Waals surface area (Å²) < 4.78 is 0. The highest BCUT2D eigenvalue weighted by atomic mass is 15.2. The standard InChI is InChI=1S/C51H55N/c1-11-20-47-41(14-4)44-28-27-39(31-48(44)51(47,9)10)36(8)29-34(6)25-26-35(7)49(15-5)52-33-40-22-17-19-24-43(40)46-30-38(13-3)45(32-50(46)52)42-23-18-16-21-37(42)12-2/h11,14-24,26-32H,4,8,12-13,25,33H2,1-3,5-7,9-10H3/b20-11-,34-29+,35-26-,49-15+. The lowest BCUT2D eigenvalue weighted by atomic mass is 9.80. The smallest absolute Gasteiger partial charge is 0.0500 e. The third-order valence-corrected chi connectivity index (χ3v) is 11.2. The molecule has 2 aliphatic rings. The molecule has 0 unspecified atom stereocenters. The number of rotatable bonds is 11. The van der Waals surface area contributed by atoms with Gasteiger partial charge in [0.2, 0.25) is 0 Å². The Labute approximate surface area is 313 Å². The van der Waals surface area contributed by atoms with Crippen LogP contribution in [-0.2, 0) is 24.8 Å². The molecule has 1 aliphatic heterocycles. The monoisotopic (exact) mass is 681 g/mol. The zero-order valence-electron chi connectivity index (χ0n) is 32.7. The third-order valence-electron chi connectivity index (χ3n) is 11.2. The van der Waals surface area contributed by atoms with Gasteiger partial charge in [0.15, 0.2) is 0 Å². The number of allylic oxidation sites excluding steroid dienone is 11. The Morgan fingerprint density at radius 1 is 0.808 bits per heavy atom. The minimum Gasteiger partial charge on any atom is -0.337 e. The molecule has 4 aromatic carbocycles. The normalized spacial score (nSPS) is 15.5. The summed E-state index contributed by atoms with van der Waals surface area (Å²) in [5, 5.41) is 0. The van der Waals surface area contributed by atoms with Crippen molar-refractivity contribution >= 4 is 16.8 Å². The summed E-state index contributed by atoms with van der Waals surface area (Å²) in [7, 11) is 0. The summed E-state index contributed by atoms with van der Waals surface area (Å²) in [5.41, 5.74) is 21.9. The molecule has 52 heavy (non-hydrogen) atoms. The van der Waals surface area contributed by atoms with Gasteiger partial charge in [-0.2, -0.15) is 0 Å². The molecule has 1 nitrogen and oxygen atoms in total. The van der Waals surface area contributed by atoms with E-state index in [-0.39, 0.29) is 5.41 Å². The van der Waals surface area contributed by atoms with Gasteiger partial charge < -0.3 is 4.90 Å². The van der Waals surface area contributed by atoms with Gasteiger partial charge in [-0.3, -0.25) is 0 Å². The molecule has 0 N–H and O–H groups in total. The second-order valence-corrected chi connectivity index (χ2v) is 14.8. The highest BCUT2D eigenvalue weighted by Gasteiger charge is 2.35. The van der Waals surface area contributed by atoms with Crippen LogP contribution in [0, 0.1) is 0 Å². The van der Waals surface area contributed by atoms with Gasteiger partial charge in [-0.1, -0.05) is 144 Å². The predicted molar refractivity (Wildman–Crippen MR) is 229 cm³/mol. The minimum atomic E-state index is -0.0883. The zero-order valence-corrected chi connectivity index (χ0v) is 32.7. The van der Waals surface area contributed by atoms with Gasteiger partial charge in [-0.25, -0.2) is 0 Å². The lowest BCUT2D eigenvalue weighted by Gasteiger charge is -2.36. The number of benzene rings is 4. The number of nitrogens with zero attached hydrogens (tertiary/aromatic N) is 1. The zero-order chi connectivity index (χ0) is 37.2. The van der Waals surface area contributed by atoms with Crippen molar-refractivity contribution in [3.63, 3.8) is 0 Å². The molecule has 264 valence electrons. The van der Waals surface area contributed by atoms with E-state index in [2.05, 4.69) is 183 Å². The molecule has 1 heteroatoms. The summed E-state index contributed by atoms with van der Waals surface area (Å²) >= 11 is 0. The van der Waals surface area contributed by atoms with Crippen LogP contribution < -0.4 is 4.90 Å². The van der Waals surface area contributed by atoms with Gasteiger partial charge in [0.25, 0.3) is 0 Å². The largest absolute Gasteiger partial charge is 0.337 e. The first-order chi connectivity index (χ1) is 25.1. The number of fused-ring (bicyclic) bond motifs is 4. The summed E-state index contributed by atoms with van der Waals surface area (Å²) in [6.45, 7) is 27.4. The Bertz CT molecular complexity index is 2210. The Morgan fingerprint density at radius 2 is 1.52 bits per heavy atom. The van der Waals surface area contributed by atoms with Crippen LogP contribution in [0.3, 0.4) is 0 Å². The van der Waals surface area contributed by atoms with Gasteiger partial charge in [-0.15, -0.1) is 0 Å². The van der Waals surface area contributed by atoms with E-state index in [1.54, 1.807) is 0 Å². The minimum absolute atomic E-state index is 0.0883. The van der Waals surface area contributed by atoms with Crippen molar-refractivity contribution in [2.45, 2.75) is 86.6 Å². The van der Waals surface area contributed by atoms with E-state index in [1.807, 2.05) is 6.08 Å². The van der Waals surface area contributed by atoms with Crippen molar-refractivity contribution in [2.75, 3.05) is 4.90 Å². The average molecular weight is 682 g/mol. The molecule has 0 spiro atoms. The second kappa shape index (κ2) is 15.2. The SMILES string of the molecule is C=CC1=C(/C=C\C)C(C)(C)c2cc(C(=C)/C=C(\C)C/C=C(C)\C(=C/C)N3Cc4ccccc4-c4cc(CC)c(-c5ccccc5CC)cc43)ccc21. The fourth-order valence-electron chi connectivity index (χ4n) is 8.36. The fourth-order valence-corrected chi connectivity index (χ4v) is 8.36. The summed E-state index contributed by atoms with van der Waals surface area (Å²) in [6.07, 6.45) is 16.2. The highest BCUT2D eigenvalue weighted by Crippen LogP contribution is 2.48. The molecule has 1 heterocycles. The van der Waals surface area contributed by atoms with Crippen LogP contribution in [0.25, 0.3) is 33.4 Å². The molecule has 0 aromatic heterocycles. The van der Waals surface area contributed by atoms with Crippen LogP contribution in [0.4, 0.5) is 5.69 Å². The van der Waals surface area contributed by atoms with E-state index in [9.17, 15) is 0 Å². The molecule has 1 aliphatic carbocycles. The quantitative estimate of drug-likeness (QED) is 0.142. The van der Waals surface area contributed by atoms with Crippen LogP contribution in [0.1, 0.15) is 95.2 Å². The van der Waals surface area contributed by atoms with Gasteiger partial charge in [0.1, 0.15) is 0 Å². The molecule has 0 fully saturated rings. The van der Waals surface area contributed by atoms with E-state index < -0.39 is 0 Å². The maximum Gasteiger partial charge on any atom is 0.0500 e. The summed E-state index contributed by atoms with van der Waals surface area (Å²) in [4.78, 5) is 2.54. The fraction of sp³-hybridized carbons (Fsp3) is 0.255. The van der Waals surface area contributed by atoms with Gasteiger partial charge >= 0.3 is 0 Å². The molecule has 6 rings (SSSR count). The van der Waals surface area contributed by atoms with Gasteiger partial charge in [-0.05, 0) is 138 Å². The van der Waals surface area contributed by atoms with Crippen LogP contribution in [-0.4, -0.2) is 0 Å². The van der Waals surface area contributed by atoms with E-state index in [0.29, 0.717) is 0 Å². The van der Waals surface area contributed by atoms with Crippen molar-refractivity contribution in [1.82, 2.24) is 0 Å². The van der Waals surface area contributed by atoms with Crippen molar-refractivity contribution in [3.8, 4) is 22.3 Å². The number of aryl methyl sites for hydroxylation is 2. The molecule has 0 saturated carbocycles. The van der Waals surface area contributed by atoms with Crippen LogP contribution >= 0.6 is 0 Å². The Morgan fingerprint density at radius 3 is 2.21 bits per heavy atom. The van der Waals surface area contributed by atoms with E-state index in [0.717, 1.165) is 31.4 Å².